The number of fused-ring (bicyclic) bond motifs is 1. The van der Waals surface area contributed by atoms with Crippen LogP contribution >= 0.6 is 0 Å². The minimum absolute atomic E-state index is 0.0359. The van der Waals surface area contributed by atoms with Gasteiger partial charge in [-0.2, -0.15) is 0 Å². The lowest BCUT2D eigenvalue weighted by molar-refractivity contribution is 0.147. The number of nitrogens with zero attached hydrogens (tertiary/aromatic N) is 1. The molecule has 1 unspecified atom stereocenters. The van der Waals surface area contributed by atoms with Crippen LogP contribution in [0.4, 0.5) is 0 Å². The van der Waals surface area contributed by atoms with Gasteiger partial charge in [0.25, 0.3) is 0 Å². The summed E-state index contributed by atoms with van der Waals surface area (Å²) in [4.78, 5) is 2.19. The first-order chi connectivity index (χ1) is 7.00. The molecule has 0 spiro atoms. The van der Waals surface area contributed by atoms with Crippen LogP contribution in [0.2, 0.25) is 0 Å². The zero-order valence-corrected chi connectivity index (χ0v) is 9.57. The van der Waals surface area contributed by atoms with Crippen LogP contribution in [0.25, 0.3) is 6.08 Å². The molecule has 0 aliphatic carbocycles. The summed E-state index contributed by atoms with van der Waals surface area (Å²) in [5.74, 6) is 0. The molecule has 2 N–H and O–H groups in total. The van der Waals surface area contributed by atoms with Crippen LogP contribution < -0.4 is 5.73 Å². The molecule has 1 aliphatic heterocycles. The highest BCUT2D eigenvalue weighted by Gasteiger charge is 2.27. The quantitative estimate of drug-likeness (QED) is 0.701. The molecule has 2 heteroatoms. The van der Waals surface area contributed by atoms with Crippen molar-refractivity contribution in [3.05, 3.63) is 41.6 Å². The molecule has 2 nitrogen and oxygen atoms in total. The van der Waals surface area contributed by atoms with Gasteiger partial charge in [-0.25, -0.2) is 0 Å². The molecule has 2 rings (SSSR count). The molecule has 1 heterocycles. The zero-order chi connectivity index (χ0) is 11.1. The Morgan fingerprint density at radius 3 is 2.53 bits per heavy atom. The van der Waals surface area contributed by atoms with Gasteiger partial charge >= 0.3 is 0 Å². The minimum atomic E-state index is -0.0359. The summed E-state index contributed by atoms with van der Waals surface area (Å²) in [6.07, 6.45) is 4.18. The average Bonchev–Trinajstić information content (AvgIpc) is 2.16. The lowest BCUT2D eigenvalue weighted by Gasteiger charge is -2.42. The molecule has 1 atom stereocenters. The Morgan fingerprint density at radius 1 is 1.20 bits per heavy atom. The van der Waals surface area contributed by atoms with E-state index < -0.39 is 0 Å². The summed E-state index contributed by atoms with van der Waals surface area (Å²) in [7, 11) is 0. The highest BCUT2D eigenvalue weighted by molar-refractivity contribution is 5.56. The van der Waals surface area contributed by atoms with Gasteiger partial charge in [0.15, 0.2) is 0 Å². The number of nitrogens with two attached hydrogens (primary N) is 1. The predicted octanol–water partition coefficient (Wildman–Crippen LogP) is 2.73. The van der Waals surface area contributed by atoms with Crippen LogP contribution in [-0.2, 0) is 0 Å². The van der Waals surface area contributed by atoms with Gasteiger partial charge in [-0.15, -0.1) is 0 Å². The SMILES string of the molecule is CC(C)(C)N1C=Cc2ccccc2C1N. The van der Waals surface area contributed by atoms with Crippen molar-refractivity contribution < 1.29 is 0 Å². The fourth-order valence-corrected chi connectivity index (χ4v) is 1.98. The Balaban J connectivity index is 2.42. The fourth-order valence-electron chi connectivity index (χ4n) is 1.98. The molecule has 0 saturated carbocycles. The monoisotopic (exact) mass is 202 g/mol. The van der Waals surface area contributed by atoms with Gasteiger partial charge in [-0.1, -0.05) is 24.3 Å². The van der Waals surface area contributed by atoms with E-state index in [1.54, 1.807) is 0 Å². The van der Waals surface area contributed by atoms with Crippen molar-refractivity contribution in [1.82, 2.24) is 4.90 Å². The summed E-state index contributed by atoms with van der Waals surface area (Å²) in [6, 6.07) is 8.29. The molecular formula is C13H18N2. The third-order valence-electron chi connectivity index (χ3n) is 2.80. The second-order valence-corrected chi connectivity index (χ2v) is 4.97. The fraction of sp³-hybridized carbons (Fsp3) is 0.385. The van der Waals surface area contributed by atoms with Gasteiger partial charge in [-0.3, -0.25) is 0 Å². The van der Waals surface area contributed by atoms with E-state index in [9.17, 15) is 0 Å². The molecule has 1 aliphatic rings. The molecule has 0 amide bonds. The van der Waals surface area contributed by atoms with Crippen molar-refractivity contribution in [3.8, 4) is 0 Å². The van der Waals surface area contributed by atoms with Crippen molar-refractivity contribution in [1.29, 1.82) is 0 Å². The summed E-state index contributed by atoms with van der Waals surface area (Å²) < 4.78 is 0. The number of rotatable bonds is 0. The minimum Gasteiger partial charge on any atom is -0.353 e. The summed E-state index contributed by atoms with van der Waals surface area (Å²) in [6.45, 7) is 6.52. The maximum absolute atomic E-state index is 6.25. The predicted molar refractivity (Wildman–Crippen MR) is 64.0 cm³/mol. The van der Waals surface area contributed by atoms with Crippen molar-refractivity contribution in [2.24, 2.45) is 5.73 Å². The Kier molecular flexibility index (Phi) is 2.31. The first kappa shape index (κ1) is 10.2. The Labute approximate surface area is 91.4 Å². The van der Waals surface area contributed by atoms with Crippen LogP contribution in [0.1, 0.15) is 38.1 Å². The maximum atomic E-state index is 6.25. The molecule has 1 aromatic carbocycles. The third-order valence-corrected chi connectivity index (χ3v) is 2.80. The van der Waals surface area contributed by atoms with E-state index in [1.807, 2.05) is 12.1 Å². The van der Waals surface area contributed by atoms with Crippen molar-refractivity contribution in [2.45, 2.75) is 32.5 Å². The molecule has 80 valence electrons. The van der Waals surface area contributed by atoms with Crippen LogP contribution in [0.3, 0.4) is 0 Å². The van der Waals surface area contributed by atoms with Gasteiger partial charge in [-0.05, 0) is 38.0 Å². The number of benzene rings is 1. The number of hydrogen-bond acceptors (Lipinski definition) is 2. The summed E-state index contributed by atoms with van der Waals surface area (Å²) >= 11 is 0. The van der Waals surface area contributed by atoms with Gasteiger partial charge < -0.3 is 10.6 Å². The highest BCUT2D eigenvalue weighted by atomic mass is 15.3. The lowest BCUT2D eigenvalue weighted by atomic mass is 9.96. The Hall–Kier alpha value is -1.28. The molecule has 15 heavy (non-hydrogen) atoms. The van der Waals surface area contributed by atoms with E-state index >= 15 is 0 Å². The smallest absolute Gasteiger partial charge is 0.104 e. The number of hydrogen-bond donors (Lipinski definition) is 1. The van der Waals surface area contributed by atoms with Crippen LogP contribution in [0.15, 0.2) is 30.5 Å². The second kappa shape index (κ2) is 3.38. The average molecular weight is 202 g/mol. The molecule has 0 radical (unpaired) electrons. The topological polar surface area (TPSA) is 29.3 Å². The van der Waals surface area contributed by atoms with Gasteiger partial charge in [0.05, 0.1) is 0 Å². The second-order valence-electron chi connectivity index (χ2n) is 4.97. The van der Waals surface area contributed by atoms with Crippen LogP contribution in [-0.4, -0.2) is 10.4 Å². The van der Waals surface area contributed by atoms with E-state index in [1.165, 1.54) is 11.1 Å². The largest absolute Gasteiger partial charge is 0.353 e. The first-order valence-corrected chi connectivity index (χ1v) is 5.31. The maximum Gasteiger partial charge on any atom is 0.104 e. The van der Waals surface area contributed by atoms with Crippen LogP contribution in [0.5, 0.6) is 0 Å². The zero-order valence-electron chi connectivity index (χ0n) is 9.57. The van der Waals surface area contributed by atoms with E-state index in [2.05, 4.69) is 50.1 Å². The van der Waals surface area contributed by atoms with Gasteiger partial charge in [0, 0.05) is 11.7 Å². The Bertz CT molecular complexity index is 388. The first-order valence-electron chi connectivity index (χ1n) is 5.31. The van der Waals surface area contributed by atoms with Gasteiger partial charge in [0.1, 0.15) is 6.17 Å². The molecule has 0 aromatic heterocycles. The van der Waals surface area contributed by atoms with E-state index in [0.717, 1.165) is 0 Å². The van der Waals surface area contributed by atoms with Crippen molar-refractivity contribution >= 4 is 6.08 Å². The van der Waals surface area contributed by atoms with Crippen LogP contribution in [0, 0.1) is 0 Å². The molecule has 0 saturated heterocycles. The molecular weight excluding hydrogens is 184 g/mol. The Morgan fingerprint density at radius 2 is 1.87 bits per heavy atom. The van der Waals surface area contributed by atoms with Crippen molar-refractivity contribution in [3.63, 3.8) is 0 Å². The highest BCUT2D eigenvalue weighted by Crippen LogP contribution is 2.31. The molecule has 1 aromatic rings. The normalized spacial score (nSPS) is 20.3. The molecule has 0 bridgehead atoms. The standard InChI is InChI=1S/C13H18N2/c1-13(2,3)15-9-8-10-6-4-5-7-11(10)12(15)14/h4-9,12H,14H2,1-3H3. The lowest BCUT2D eigenvalue weighted by Crippen LogP contribution is -2.44. The van der Waals surface area contributed by atoms with Crippen molar-refractivity contribution in [2.75, 3.05) is 0 Å². The summed E-state index contributed by atoms with van der Waals surface area (Å²) in [5.41, 5.74) is 8.74. The third kappa shape index (κ3) is 1.77. The van der Waals surface area contributed by atoms with E-state index in [4.69, 9.17) is 5.73 Å². The van der Waals surface area contributed by atoms with E-state index in [-0.39, 0.29) is 11.7 Å². The summed E-state index contributed by atoms with van der Waals surface area (Å²) in [5, 5.41) is 0. The molecule has 0 fully saturated rings. The van der Waals surface area contributed by atoms with E-state index in [0.29, 0.717) is 0 Å². The van der Waals surface area contributed by atoms with Gasteiger partial charge in [0.2, 0.25) is 0 Å².